The number of hydrogen-bond donors (Lipinski definition) is 0. The molecule has 27 heavy (non-hydrogen) atoms. The van der Waals surface area contributed by atoms with E-state index in [2.05, 4.69) is 28.7 Å². The van der Waals surface area contributed by atoms with Crippen LogP contribution < -0.4 is 14.4 Å². The fraction of sp³-hybridized carbons (Fsp3) is 0.450. The highest BCUT2D eigenvalue weighted by atomic mass is 16.5. The summed E-state index contributed by atoms with van der Waals surface area (Å²) < 4.78 is 13.1. The Hall–Kier alpha value is -2.83. The molecule has 0 spiro atoms. The van der Waals surface area contributed by atoms with Gasteiger partial charge in [0.25, 0.3) is 0 Å². The molecule has 1 fully saturated rings. The molecule has 0 aliphatic carbocycles. The van der Waals surface area contributed by atoms with Crippen molar-refractivity contribution in [3.8, 4) is 11.6 Å². The van der Waals surface area contributed by atoms with E-state index in [9.17, 15) is 0 Å². The molecule has 0 unspecified atom stereocenters. The number of aryl methyl sites for hydroxylation is 2. The summed E-state index contributed by atoms with van der Waals surface area (Å²) >= 11 is 0. The Morgan fingerprint density at radius 2 is 1.85 bits per heavy atom. The molecule has 4 rings (SSSR count). The Labute approximate surface area is 158 Å². The number of fused-ring (bicyclic) bond motifs is 1. The van der Waals surface area contributed by atoms with E-state index in [0.29, 0.717) is 5.88 Å². The second-order valence-corrected chi connectivity index (χ2v) is 7.06. The molecule has 0 bridgehead atoms. The number of imidazole rings is 1. The number of anilines is 1. The first kappa shape index (κ1) is 17.6. The summed E-state index contributed by atoms with van der Waals surface area (Å²) in [7, 11) is 1.61. The van der Waals surface area contributed by atoms with Gasteiger partial charge in [-0.05, 0) is 26.8 Å². The van der Waals surface area contributed by atoms with Crippen molar-refractivity contribution in [3.05, 3.63) is 41.3 Å². The average Bonchev–Trinajstić information content (AvgIpc) is 3.07. The number of nitrogens with zero attached hydrogens (tertiary/aromatic N) is 5. The lowest BCUT2D eigenvalue weighted by Gasteiger charge is -2.33. The van der Waals surface area contributed by atoms with Crippen molar-refractivity contribution in [1.29, 1.82) is 0 Å². The van der Waals surface area contributed by atoms with Gasteiger partial charge in [0.05, 0.1) is 25.2 Å². The van der Waals surface area contributed by atoms with Gasteiger partial charge in [-0.2, -0.15) is 0 Å². The topological polar surface area (TPSA) is 64.8 Å². The standard InChI is InChI=1S/C20H25N5O2/c1-13-12-25-19(22-13)14(2)15(3)20(23-25)24-9-7-16(8-10-24)27-17-5-6-18(26-4)21-11-17/h5-6,11-12,16H,7-10H2,1-4H3. The lowest BCUT2D eigenvalue weighted by Crippen LogP contribution is -2.39. The molecule has 1 aliphatic heterocycles. The van der Waals surface area contributed by atoms with Gasteiger partial charge >= 0.3 is 0 Å². The number of pyridine rings is 1. The van der Waals surface area contributed by atoms with Crippen molar-refractivity contribution in [2.75, 3.05) is 25.1 Å². The van der Waals surface area contributed by atoms with Gasteiger partial charge in [0.1, 0.15) is 11.9 Å². The molecule has 0 aromatic carbocycles. The van der Waals surface area contributed by atoms with Gasteiger partial charge in [-0.1, -0.05) is 0 Å². The minimum atomic E-state index is 0.192. The van der Waals surface area contributed by atoms with Gasteiger partial charge in [-0.3, -0.25) is 0 Å². The summed E-state index contributed by atoms with van der Waals surface area (Å²) in [6.07, 6.45) is 5.80. The Kier molecular flexibility index (Phi) is 4.59. The summed E-state index contributed by atoms with van der Waals surface area (Å²) in [5, 5.41) is 4.82. The van der Waals surface area contributed by atoms with E-state index in [-0.39, 0.29) is 6.10 Å². The predicted molar refractivity (Wildman–Crippen MR) is 104 cm³/mol. The Morgan fingerprint density at radius 1 is 1.07 bits per heavy atom. The van der Waals surface area contributed by atoms with Crippen LogP contribution in [0.5, 0.6) is 11.6 Å². The molecular weight excluding hydrogens is 342 g/mol. The summed E-state index contributed by atoms with van der Waals surface area (Å²) in [6, 6.07) is 3.73. The van der Waals surface area contributed by atoms with Crippen LogP contribution in [0.25, 0.3) is 5.65 Å². The van der Waals surface area contributed by atoms with Crippen LogP contribution in [0.15, 0.2) is 24.5 Å². The first-order valence-corrected chi connectivity index (χ1v) is 9.30. The van der Waals surface area contributed by atoms with Gasteiger partial charge < -0.3 is 14.4 Å². The summed E-state index contributed by atoms with van der Waals surface area (Å²) in [6.45, 7) is 8.09. The Morgan fingerprint density at radius 3 is 2.52 bits per heavy atom. The third-order valence-corrected chi connectivity index (χ3v) is 5.21. The van der Waals surface area contributed by atoms with Gasteiger partial charge in [0.2, 0.25) is 5.88 Å². The SMILES string of the molecule is COc1ccc(OC2CCN(c3nn4cc(C)nc4c(C)c3C)CC2)cn1. The average molecular weight is 367 g/mol. The van der Waals surface area contributed by atoms with Crippen LogP contribution in [0.1, 0.15) is 29.7 Å². The molecule has 0 amide bonds. The highest BCUT2D eigenvalue weighted by molar-refractivity contribution is 5.59. The maximum Gasteiger partial charge on any atom is 0.213 e. The van der Waals surface area contributed by atoms with Gasteiger partial charge in [0.15, 0.2) is 11.5 Å². The van der Waals surface area contributed by atoms with E-state index in [1.54, 1.807) is 13.3 Å². The minimum absolute atomic E-state index is 0.192. The molecule has 0 saturated carbocycles. The van der Waals surface area contributed by atoms with E-state index in [1.165, 1.54) is 11.1 Å². The number of rotatable bonds is 4. The molecule has 4 heterocycles. The molecule has 7 nitrogen and oxygen atoms in total. The maximum absolute atomic E-state index is 6.09. The highest BCUT2D eigenvalue weighted by Crippen LogP contribution is 2.27. The molecule has 1 saturated heterocycles. The van der Waals surface area contributed by atoms with E-state index in [4.69, 9.17) is 14.6 Å². The lowest BCUT2D eigenvalue weighted by atomic mass is 10.1. The highest BCUT2D eigenvalue weighted by Gasteiger charge is 2.24. The van der Waals surface area contributed by atoms with E-state index < -0.39 is 0 Å². The van der Waals surface area contributed by atoms with Crippen molar-refractivity contribution in [1.82, 2.24) is 19.6 Å². The molecular formula is C20H25N5O2. The van der Waals surface area contributed by atoms with Gasteiger partial charge in [-0.15, -0.1) is 5.10 Å². The zero-order chi connectivity index (χ0) is 19.0. The van der Waals surface area contributed by atoms with E-state index >= 15 is 0 Å². The van der Waals surface area contributed by atoms with E-state index in [0.717, 1.165) is 48.8 Å². The number of piperidine rings is 1. The summed E-state index contributed by atoms with van der Waals surface area (Å²) in [5.41, 5.74) is 4.32. The normalized spacial score (nSPS) is 15.3. The Balaban J connectivity index is 1.45. The van der Waals surface area contributed by atoms with Crippen LogP contribution in [-0.4, -0.2) is 45.9 Å². The largest absolute Gasteiger partial charge is 0.489 e. The lowest BCUT2D eigenvalue weighted by molar-refractivity contribution is 0.169. The molecule has 0 atom stereocenters. The number of ether oxygens (including phenoxy) is 2. The number of methoxy groups -OCH3 is 1. The van der Waals surface area contributed by atoms with Crippen molar-refractivity contribution in [3.63, 3.8) is 0 Å². The van der Waals surface area contributed by atoms with Crippen molar-refractivity contribution < 1.29 is 9.47 Å². The summed E-state index contributed by atoms with van der Waals surface area (Å²) in [4.78, 5) is 11.1. The van der Waals surface area contributed by atoms with Crippen LogP contribution in [0.4, 0.5) is 5.82 Å². The number of aromatic nitrogens is 4. The van der Waals surface area contributed by atoms with Gasteiger partial charge in [-0.25, -0.2) is 14.5 Å². The van der Waals surface area contributed by atoms with Crippen LogP contribution >= 0.6 is 0 Å². The molecule has 7 heteroatoms. The second-order valence-electron chi connectivity index (χ2n) is 7.06. The van der Waals surface area contributed by atoms with Gasteiger partial charge in [0, 0.05) is 43.1 Å². The van der Waals surface area contributed by atoms with Crippen molar-refractivity contribution in [2.24, 2.45) is 0 Å². The molecule has 0 N–H and O–H groups in total. The predicted octanol–water partition coefficient (Wildman–Crippen LogP) is 3.11. The fourth-order valence-corrected chi connectivity index (χ4v) is 3.57. The van der Waals surface area contributed by atoms with Crippen molar-refractivity contribution in [2.45, 2.75) is 39.7 Å². The molecule has 0 radical (unpaired) electrons. The molecule has 1 aliphatic rings. The third-order valence-electron chi connectivity index (χ3n) is 5.21. The van der Waals surface area contributed by atoms with Crippen LogP contribution in [-0.2, 0) is 0 Å². The molecule has 142 valence electrons. The maximum atomic E-state index is 6.09. The smallest absolute Gasteiger partial charge is 0.213 e. The summed E-state index contributed by atoms with van der Waals surface area (Å²) in [5.74, 6) is 2.43. The fourth-order valence-electron chi connectivity index (χ4n) is 3.57. The van der Waals surface area contributed by atoms with Crippen LogP contribution in [0, 0.1) is 20.8 Å². The molecule has 3 aromatic heterocycles. The second kappa shape index (κ2) is 7.06. The van der Waals surface area contributed by atoms with Crippen LogP contribution in [0.3, 0.4) is 0 Å². The monoisotopic (exact) mass is 367 g/mol. The first-order valence-electron chi connectivity index (χ1n) is 9.30. The zero-order valence-electron chi connectivity index (χ0n) is 16.3. The van der Waals surface area contributed by atoms with Crippen molar-refractivity contribution >= 4 is 11.5 Å². The first-order chi connectivity index (χ1) is 13.0. The third kappa shape index (κ3) is 3.41. The quantitative estimate of drug-likeness (QED) is 0.706. The Bertz CT molecular complexity index is 943. The molecule has 3 aromatic rings. The minimum Gasteiger partial charge on any atom is -0.489 e. The van der Waals surface area contributed by atoms with E-state index in [1.807, 2.05) is 29.8 Å². The number of hydrogen-bond acceptors (Lipinski definition) is 6. The van der Waals surface area contributed by atoms with Crippen LogP contribution in [0.2, 0.25) is 0 Å². The zero-order valence-corrected chi connectivity index (χ0v) is 16.3.